The van der Waals surface area contributed by atoms with Gasteiger partial charge in [-0.25, -0.2) is 4.98 Å². The molecule has 3 N–H and O–H groups in total. The molecule has 2 unspecified atom stereocenters. The van der Waals surface area contributed by atoms with Crippen LogP contribution < -0.4 is 11.3 Å². The number of nitrogens with zero attached hydrogens (tertiary/aromatic N) is 2. The van der Waals surface area contributed by atoms with Crippen molar-refractivity contribution in [2.45, 2.75) is 52.6 Å². The van der Waals surface area contributed by atoms with Gasteiger partial charge in [-0.3, -0.25) is 11.3 Å². The summed E-state index contributed by atoms with van der Waals surface area (Å²) in [6.45, 7) is 7.57. The molecule has 0 aliphatic rings. The number of nitrogens with one attached hydrogen (secondary N) is 1. The quantitative estimate of drug-likeness (QED) is 0.547. The molecule has 1 aromatic heterocycles. The lowest BCUT2D eigenvalue weighted by molar-refractivity contribution is 0.388. The first-order chi connectivity index (χ1) is 7.71. The zero-order valence-electron chi connectivity index (χ0n) is 10.6. The van der Waals surface area contributed by atoms with Crippen LogP contribution in [0.3, 0.4) is 0 Å². The number of aryl methyl sites for hydroxylation is 1. The second-order valence-electron chi connectivity index (χ2n) is 4.45. The molecule has 4 heteroatoms. The molecular formula is C12H24N4. The molecule has 0 fully saturated rings. The van der Waals surface area contributed by atoms with Crippen LogP contribution in [0.4, 0.5) is 0 Å². The molecule has 0 aromatic carbocycles. The molecule has 0 bridgehead atoms. The fourth-order valence-electron chi connectivity index (χ4n) is 1.90. The van der Waals surface area contributed by atoms with Crippen LogP contribution in [-0.4, -0.2) is 15.6 Å². The van der Waals surface area contributed by atoms with E-state index >= 15 is 0 Å². The largest absolute Gasteiger partial charge is 0.335 e. The highest BCUT2D eigenvalue weighted by Crippen LogP contribution is 2.12. The Morgan fingerprint density at radius 1 is 1.50 bits per heavy atom. The highest BCUT2D eigenvalue weighted by atomic mass is 15.2. The third-order valence-corrected chi connectivity index (χ3v) is 3.19. The van der Waals surface area contributed by atoms with Crippen molar-refractivity contribution >= 4 is 0 Å². The minimum Gasteiger partial charge on any atom is -0.335 e. The van der Waals surface area contributed by atoms with Crippen molar-refractivity contribution < 1.29 is 0 Å². The molecule has 0 radical (unpaired) electrons. The Kier molecular flexibility index (Phi) is 5.49. The van der Waals surface area contributed by atoms with Crippen molar-refractivity contribution in [3.8, 4) is 0 Å². The minimum atomic E-state index is 0.322. The van der Waals surface area contributed by atoms with E-state index in [2.05, 4.69) is 35.7 Å². The van der Waals surface area contributed by atoms with Gasteiger partial charge in [0, 0.05) is 31.4 Å². The van der Waals surface area contributed by atoms with Crippen LogP contribution in [0.15, 0.2) is 12.4 Å². The number of hydrazine groups is 1. The summed E-state index contributed by atoms with van der Waals surface area (Å²) in [5.74, 6) is 7.42. The summed E-state index contributed by atoms with van der Waals surface area (Å²) >= 11 is 0. The van der Waals surface area contributed by atoms with Gasteiger partial charge in [0.25, 0.3) is 0 Å². The topological polar surface area (TPSA) is 55.9 Å². The Morgan fingerprint density at radius 2 is 2.25 bits per heavy atom. The van der Waals surface area contributed by atoms with E-state index in [4.69, 9.17) is 5.84 Å². The second kappa shape index (κ2) is 6.66. The molecule has 1 heterocycles. The van der Waals surface area contributed by atoms with Crippen molar-refractivity contribution in [2.75, 3.05) is 0 Å². The van der Waals surface area contributed by atoms with Gasteiger partial charge in [0.05, 0.1) is 0 Å². The molecule has 16 heavy (non-hydrogen) atoms. The van der Waals surface area contributed by atoms with Crippen molar-refractivity contribution in [1.29, 1.82) is 0 Å². The van der Waals surface area contributed by atoms with Gasteiger partial charge in [0.15, 0.2) is 0 Å². The first-order valence-electron chi connectivity index (χ1n) is 6.17. The van der Waals surface area contributed by atoms with Crippen LogP contribution in [0.2, 0.25) is 0 Å². The smallest absolute Gasteiger partial charge is 0.110 e. The Balaban J connectivity index is 2.56. The third-order valence-electron chi connectivity index (χ3n) is 3.19. The summed E-state index contributed by atoms with van der Waals surface area (Å²) in [4.78, 5) is 4.38. The highest BCUT2D eigenvalue weighted by Gasteiger charge is 2.14. The fraction of sp³-hybridized carbons (Fsp3) is 0.750. The first kappa shape index (κ1) is 13.2. The van der Waals surface area contributed by atoms with Gasteiger partial charge in [-0.05, 0) is 19.3 Å². The summed E-state index contributed by atoms with van der Waals surface area (Å²) < 4.78 is 2.17. The van der Waals surface area contributed by atoms with Gasteiger partial charge in [-0.2, -0.15) is 0 Å². The molecule has 0 aliphatic carbocycles. The maximum atomic E-state index is 5.60. The van der Waals surface area contributed by atoms with Gasteiger partial charge in [0.1, 0.15) is 5.82 Å². The van der Waals surface area contributed by atoms with E-state index in [1.165, 1.54) is 6.42 Å². The maximum absolute atomic E-state index is 5.60. The van der Waals surface area contributed by atoms with Crippen LogP contribution in [0, 0.1) is 5.92 Å². The molecule has 1 rings (SSSR count). The Hall–Kier alpha value is -0.870. The van der Waals surface area contributed by atoms with E-state index < -0.39 is 0 Å². The van der Waals surface area contributed by atoms with Crippen LogP contribution in [0.5, 0.6) is 0 Å². The van der Waals surface area contributed by atoms with Crippen molar-refractivity contribution in [2.24, 2.45) is 11.8 Å². The van der Waals surface area contributed by atoms with Crippen LogP contribution in [0.1, 0.15) is 39.4 Å². The Morgan fingerprint density at radius 3 is 2.81 bits per heavy atom. The van der Waals surface area contributed by atoms with Crippen LogP contribution in [-0.2, 0) is 13.0 Å². The SMILES string of the molecule is CCC(C)CC(Cc1nccn1CC)NN. The number of rotatable bonds is 7. The monoisotopic (exact) mass is 224 g/mol. The van der Waals surface area contributed by atoms with Gasteiger partial charge in [-0.15, -0.1) is 0 Å². The number of hydrogen-bond acceptors (Lipinski definition) is 3. The van der Waals surface area contributed by atoms with Gasteiger partial charge in [-0.1, -0.05) is 20.3 Å². The predicted molar refractivity (Wildman–Crippen MR) is 66.8 cm³/mol. The molecule has 2 atom stereocenters. The van der Waals surface area contributed by atoms with E-state index in [9.17, 15) is 0 Å². The second-order valence-corrected chi connectivity index (χ2v) is 4.45. The lowest BCUT2D eigenvalue weighted by Gasteiger charge is -2.19. The molecule has 0 aliphatic heterocycles. The molecular weight excluding hydrogens is 200 g/mol. The normalized spacial score (nSPS) is 15.0. The van der Waals surface area contributed by atoms with Gasteiger partial charge >= 0.3 is 0 Å². The van der Waals surface area contributed by atoms with Crippen molar-refractivity contribution in [3.05, 3.63) is 18.2 Å². The third kappa shape index (κ3) is 3.61. The first-order valence-corrected chi connectivity index (χ1v) is 6.17. The molecule has 0 saturated heterocycles. The minimum absolute atomic E-state index is 0.322. The predicted octanol–water partition coefficient (Wildman–Crippen LogP) is 1.71. The van der Waals surface area contributed by atoms with E-state index in [-0.39, 0.29) is 0 Å². The lowest BCUT2D eigenvalue weighted by atomic mass is 9.97. The molecule has 0 spiro atoms. The average molecular weight is 224 g/mol. The molecule has 0 saturated carbocycles. The summed E-state index contributed by atoms with van der Waals surface area (Å²) in [5, 5.41) is 0. The summed E-state index contributed by atoms with van der Waals surface area (Å²) in [7, 11) is 0. The molecule has 92 valence electrons. The van der Waals surface area contributed by atoms with E-state index in [1.807, 2.05) is 12.4 Å². The zero-order chi connectivity index (χ0) is 12.0. The summed E-state index contributed by atoms with van der Waals surface area (Å²) in [5.41, 5.74) is 2.90. The zero-order valence-corrected chi connectivity index (χ0v) is 10.6. The number of aromatic nitrogens is 2. The van der Waals surface area contributed by atoms with E-state index in [0.29, 0.717) is 12.0 Å². The van der Waals surface area contributed by atoms with E-state index in [1.54, 1.807) is 0 Å². The van der Waals surface area contributed by atoms with Gasteiger partial charge < -0.3 is 4.57 Å². The van der Waals surface area contributed by atoms with Crippen LogP contribution in [0.25, 0.3) is 0 Å². The number of nitrogens with two attached hydrogens (primary N) is 1. The lowest BCUT2D eigenvalue weighted by Crippen LogP contribution is -2.38. The van der Waals surface area contributed by atoms with Crippen molar-refractivity contribution in [1.82, 2.24) is 15.0 Å². The van der Waals surface area contributed by atoms with E-state index in [0.717, 1.165) is 25.2 Å². The maximum Gasteiger partial charge on any atom is 0.110 e. The molecule has 1 aromatic rings. The fourth-order valence-corrected chi connectivity index (χ4v) is 1.90. The van der Waals surface area contributed by atoms with Gasteiger partial charge in [0.2, 0.25) is 0 Å². The van der Waals surface area contributed by atoms with Crippen LogP contribution >= 0.6 is 0 Å². The molecule has 0 amide bonds. The Bertz CT molecular complexity index is 295. The number of hydrogen-bond donors (Lipinski definition) is 2. The average Bonchev–Trinajstić information content (AvgIpc) is 2.75. The molecule has 4 nitrogen and oxygen atoms in total. The standard InChI is InChI=1S/C12H24N4/c1-4-10(3)8-11(15-13)9-12-14-6-7-16(12)5-2/h6-7,10-11,15H,4-5,8-9,13H2,1-3H3. The number of imidazole rings is 1. The summed E-state index contributed by atoms with van der Waals surface area (Å²) in [6.07, 6.45) is 7.08. The summed E-state index contributed by atoms with van der Waals surface area (Å²) in [6, 6.07) is 0.322. The van der Waals surface area contributed by atoms with Crippen molar-refractivity contribution in [3.63, 3.8) is 0 Å². The Labute approximate surface area is 98.2 Å². The highest BCUT2D eigenvalue weighted by molar-refractivity contribution is 4.95.